The summed E-state index contributed by atoms with van der Waals surface area (Å²) >= 11 is 1.89. The maximum atomic E-state index is 2.54. The third-order valence-electron chi connectivity index (χ3n) is 5.14. The van der Waals surface area contributed by atoms with E-state index in [4.69, 9.17) is 0 Å². The van der Waals surface area contributed by atoms with E-state index in [0.717, 1.165) is 11.0 Å². The Kier molecular flexibility index (Phi) is 6.40. The van der Waals surface area contributed by atoms with Crippen LogP contribution in [0.4, 0.5) is 11.4 Å². The van der Waals surface area contributed by atoms with Gasteiger partial charge in [0.15, 0.2) is 0 Å². The lowest BCUT2D eigenvalue weighted by atomic mass is 10.1. The molecule has 0 bridgehead atoms. The summed E-state index contributed by atoms with van der Waals surface area (Å²) < 4.78 is 1.11. The smallest absolute Gasteiger partial charge is 0.0992 e. The van der Waals surface area contributed by atoms with Gasteiger partial charge in [-0.2, -0.15) is 0 Å². The van der Waals surface area contributed by atoms with Crippen LogP contribution in [0, 0.1) is 0 Å². The summed E-state index contributed by atoms with van der Waals surface area (Å²) in [5, 5.41) is 0. The maximum absolute atomic E-state index is 2.54. The Morgan fingerprint density at radius 1 is 0.917 bits per heavy atom. The Hall–Kier alpha value is -0.970. The van der Waals surface area contributed by atoms with Crippen LogP contribution in [0.1, 0.15) is 20.8 Å². The zero-order valence-corrected chi connectivity index (χ0v) is 17.4. The number of anilines is 2. The molecule has 2 aromatic rings. The van der Waals surface area contributed by atoms with E-state index >= 15 is 0 Å². The summed E-state index contributed by atoms with van der Waals surface area (Å²) in [6.45, 7) is 10.5. The topological polar surface area (TPSA) is 3.24 Å². The number of para-hydroxylation sites is 2. The number of nitrogens with zero attached hydrogens (tertiary/aromatic N) is 2. The highest BCUT2D eigenvalue weighted by Crippen LogP contribution is 2.48. The number of rotatable bonds is 5. The van der Waals surface area contributed by atoms with Gasteiger partial charge < -0.3 is 26.4 Å². The Labute approximate surface area is 161 Å². The van der Waals surface area contributed by atoms with E-state index in [0.29, 0.717) is 6.04 Å². The van der Waals surface area contributed by atoms with Gasteiger partial charge in [0, 0.05) is 9.79 Å². The SMILES string of the molecule is CC[N+](C)(CC)CC(C)N1c2ccccc2Sc2ccccc21.[Br-]. The number of hydrogen-bond acceptors (Lipinski definition) is 2. The zero-order valence-electron chi connectivity index (χ0n) is 15.0. The summed E-state index contributed by atoms with van der Waals surface area (Å²) in [6, 6.07) is 18.0. The van der Waals surface area contributed by atoms with Crippen LogP contribution < -0.4 is 21.9 Å². The lowest BCUT2D eigenvalue weighted by Crippen LogP contribution is -3.00. The van der Waals surface area contributed by atoms with Gasteiger partial charge in [-0.25, -0.2) is 0 Å². The fourth-order valence-electron chi connectivity index (χ4n) is 3.41. The van der Waals surface area contributed by atoms with E-state index in [2.05, 4.69) is 81.2 Å². The van der Waals surface area contributed by atoms with Crippen LogP contribution in [-0.4, -0.2) is 37.2 Å². The number of hydrogen-bond donors (Lipinski definition) is 0. The third kappa shape index (κ3) is 3.66. The van der Waals surface area contributed by atoms with Crippen LogP contribution in [0.3, 0.4) is 0 Å². The molecule has 0 radical (unpaired) electrons. The van der Waals surface area contributed by atoms with E-state index in [9.17, 15) is 0 Å². The van der Waals surface area contributed by atoms with Crippen LogP contribution in [0.15, 0.2) is 58.3 Å². The van der Waals surface area contributed by atoms with Crippen molar-refractivity contribution in [1.82, 2.24) is 0 Å². The molecule has 1 heterocycles. The minimum atomic E-state index is 0. The Balaban J connectivity index is 0.00000208. The van der Waals surface area contributed by atoms with Crippen molar-refractivity contribution in [3.05, 3.63) is 48.5 Å². The van der Waals surface area contributed by atoms with Crippen molar-refractivity contribution in [2.75, 3.05) is 31.6 Å². The molecular formula is C20H27BrN2S. The molecule has 130 valence electrons. The highest BCUT2D eigenvalue weighted by atomic mass is 79.9. The van der Waals surface area contributed by atoms with Crippen molar-refractivity contribution >= 4 is 23.1 Å². The first-order chi connectivity index (χ1) is 11.1. The number of likely N-dealkylation sites (N-methyl/N-ethyl adjacent to an activating group) is 1. The number of halogens is 1. The van der Waals surface area contributed by atoms with Crippen molar-refractivity contribution in [2.45, 2.75) is 36.6 Å². The molecule has 3 rings (SSSR count). The molecular weight excluding hydrogens is 380 g/mol. The lowest BCUT2D eigenvalue weighted by Gasteiger charge is -2.42. The second kappa shape index (κ2) is 7.94. The van der Waals surface area contributed by atoms with Gasteiger partial charge in [0.25, 0.3) is 0 Å². The van der Waals surface area contributed by atoms with E-state index in [-0.39, 0.29) is 17.0 Å². The van der Waals surface area contributed by atoms with Gasteiger partial charge in [0.2, 0.25) is 0 Å². The van der Waals surface area contributed by atoms with Gasteiger partial charge in [0.05, 0.1) is 44.1 Å². The van der Waals surface area contributed by atoms with Crippen LogP contribution >= 0.6 is 11.8 Å². The standard InChI is InChI=1S/C20H27N2S.BrH/c1-5-22(4,6-2)15-16(3)21-17-11-7-9-13-19(17)23-20-14-10-8-12-18(20)21;/h7-14,16H,5-6,15H2,1-4H3;1H/q+1;/p-1. The predicted molar refractivity (Wildman–Crippen MR) is 101 cm³/mol. The Morgan fingerprint density at radius 3 is 1.83 bits per heavy atom. The van der Waals surface area contributed by atoms with Crippen molar-refractivity contribution in [3.63, 3.8) is 0 Å². The molecule has 2 nitrogen and oxygen atoms in total. The van der Waals surface area contributed by atoms with Gasteiger partial charge >= 0.3 is 0 Å². The minimum absolute atomic E-state index is 0. The summed E-state index contributed by atoms with van der Waals surface area (Å²) in [7, 11) is 2.37. The number of quaternary nitrogens is 1. The lowest BCUT2D eigenvalue weighted by molar-refractivity contribution is -0.906. The molecule has 0 saturated carbocycles. The normalized spacial score (nSPS) is 14.4. The summed E-state index contributed by atoms with van der Waals surface area (Å²) in [6.07, 6.45) is 0. The fraction of sp³-hybridized carbons (Fsp3) is 0.400. The van der Waals surface area contributed by atoms with Gasteiger partial charge in [-0.3, -0.25) is 0 Å². The van der Waals surface area contributed by atoms with Crippen LogP contribution in [-0.2, 0) is 0 Å². The van der Waals surface area contributed by atoms with Gasteiger partial charge in [-0.1, -0.05) is 36.0 Å². The summed E-state index contributed by atoms with van der Waals surface area (Å²) in [5.41, 5.74) is 2.70. The van der Waals surface area contributed by atoms with E-state index < -0.39 is 0 Å². The predicted octanol–water partition coefficient (Wildman–Crippen LogP) is 2.17. The van der Waals surface area contributed by atoms with E-state index in [1.165, 1.54) is 34.3 Å². The quantitative estimate of drug-likeness (QED) is 0.699. The Bertz CT molecular complexity index is 639. The third-order valence-corrected chi connectivity index (χ3v) is 6.27. The van der Waals surface area contributed by atoms with Crippen molar-refractivity contribution in [3.8, 4) is 0 Å². The highest BCUT2D eigenvalue weighted by Gasteiger charge is 2.30. The molecule has 1 aliphatic rings. The molecule has 4 heteroatoms. The van der Waals surface area contributed by atoms with Crippen molar-refractivity contribution in [1.29, 1.82) is 0 Å². The average Bonchev–Trinajstić information content (AvgIpc) is 2.59. The molecule has 1 atom stereocenters. The number of benzene rings is 2. The fourth-order valence-corrected chi connectivity index (χ4v) is 4.48. The molecule has 2 aromatic carbocycles. The second-order valence-electron chi connectivity index (χ2n) is 6.69. The minimum Gasteiger partial charge on any atom is -1.00 e. The van der Waals surface area contributed by atoms with Crippen molar-refractivity contribution in [2.24, 2.45) is 0 Å². The average molecular weight is 407 g/mol. The van der Waals surface area contributed by atoms with Gasteiger partial charge in [0.1, 0.15) is 0 Å². The first kappa shape index (κ1) is 19.4. The molecule has 0 aliphatic carbocycles. The van der Waals surface area contributed by atoms with Gasteiger partial charge in [-0.15, -0.1) is 0 Å². The van der Waals surface area contributed by atoms with E-state index in [1.807, 2.05) is 11.8 Å². The van der Waals surface area contributed by atoms with Gasteiger partial charge in [-0.05, 0) is 45.0 Å². The molecule has 24 heavy (non-hydrogen) atoms. The molecule has 0 fully saturated rings. The van der Waals surface area contributed by atoms with E-state index in [1.54, 1.807) is 0 Å². The molecule has 0 N–H and O–H groups in total. The summed E-state index contributed by atoms with van der Waals surface area (Å²) in [4.78, 5) is 5.27. The molecule has 0 saturated heterocycles. The van der Waals surface area contributed by atoms with Crippen molar-refractivity contribution < 1.29 is 21.5 Å². The second-order valence-corrected chi connectivity index (χ2v) is 7.77. The first-order valence-corrected chi connectivity index (χ1v) is 9.38. The molecule has 0 amide bonds. The van der Waals surface area contributed by atoms with Crippen LogP contribution in [0.5, 0.6) is 0 Å². The maximum Gasteiger partial charge on any atom is 0.0992 e. The zero-order chi connectivity index (χ0) is 16.4. The molecule has 0 spiro atoms. The molecule has 0 aromatic heterocycles. The first-order valence-electron chi connectivity index (χ1n) is 8.56. The highest BCUT2D eigenvalue weighted by molar-refractivity contribution is 7.99. The van der Waals surface area contributed by atoms with Crippen LogP contribution in [0.2, 0.25) is 0 Å². The van der Waals surface area contributed by atoms with Crippen LogP contribution in [0.25, 0.3) is 0 Å². The molecule has 1 aliphatic heterocycles. The summed E-state index contributed by atoms with van der Waals surface area (Å²) in [5.74, 6) is 0. The largest absolute Gasteiger partial charge is 1.00 e. The monoisotopic (exact) mass is 406 g/mol. The Morgan fingerprint density at radius 2 is 1.38 bits per heavy atom. The molecule has 1 unspecified atom stereocenters. The number of fused-ring (bicyclic) bond motifs is 2.